The summed E-state index contributed by atoms with van der Waals surface area (Å²) >= 11 is 0. The van der Waals surface area contributed by atoms with Gasteiger partial charge in [0.15, 0.2) is 5.78 Å². The van der Waals surface area contributed by atoms with Gasteiger partial charge < -0.3 is 14.8 Å². The van der Waals surface area contributed by atoms with Crippen LogP contribution < -0.4 is 10.8 Å². The number of hydrogen-bond acceptors (Lipinski definition) is 4. The highest BCUT2D eigenvalue weighted by Gasteiger charge is 2.24. The number of H-pyrrole nitrogens is 1. The predicted molar refractivity (Wildman–Crippen MR) is 116 cm³/mol. The minimum absolute atomic E-state index is 0.125. The Hall–Kier alpha value is -3.02. The molecule has 0 atom stereocenters. The second-order valence-corrected chi connectivity index (χ2v) is 8.35. The largest absolute Gasteiger partial charge is 0.383 e. The first kappa shape index (κ1) is 19.7. The van der Waals surface area contributed by atoms with E-state index in [4.69, 9.17) is 4.52 Å². The topological polar surface area (TPSA) is 70.9 Å². The standard InChI is InChI=1S/C22H26BN3O2/c1-13(25-12-22(3,4)5)18-10-16(11-24-18)21(27)19-14(2)28-26-20(19)15-6-8-17(23)9-7-15/h6-11,24-25H,1,12,23H2,2-5H3. The Morgan fingerprint density at radius 2 is 1.96 bits per heavy atom. The fourth-order valence-electron chi connectivity index (χ4n) is 2.86. The monoisotopic (exact) mass is 375 g/mol. The summed E-state index contributed by atoms with van der Waals surface area (Å²) in [5, 5.41) is 7.44. The molecule has 1 aromatic carbocycles. The van der Waals surface area contributed by atoms with E-state index in [-0.39, 0.29) is 11.2 Å². The summed E-state index contributed by atoms with van der Waals surface area (Å²) in [6.45, 7) is 13.1. The highest BCUT2D eigenvalue weighted by Crippen LogP contribution is 2.27. The summed E-state index contributed by atoms with van der Waals surface area (Å²) in [5.41, 5.74) is 5.29. The molecule has 2 N–H and O–H groups in total. The first-order chi connectivity index (χ1) is 13.2. The van der Waals surface area contributed by atoms with Crippen LogP contribution in [-0.2, 0) is 0 Å². The number of nitrogens with one attached hydrogen (secondary N) is 2. The summed E-state index contributed by atoms with van der Waals surface area (Å²) in [5.74, 6) is 0.383. The van der Waals surface area contributed by atoms with Gasteiger partial charge in [-0.05, 0) is 18.4 Å². The first-order valence-electron chi connectivity index (χ1n) is 9.35. The third-order valence-electron chi connectivity index (χ3n) is 4.52. The predicted octanol–water partition coefficient (Wildman–Crippen LogP) is 3.07. The van der Waals surface area contributed by atoms with Crippen LogP contribution in [0.15, 0.2) is 47.6 Å². The summed E-state index contributed by atoms with van der Waals surface area (Å²) in [7, 11) is 2.02. The van der Waals surface area contributed by atoms with Crippen molar-refractivity contribution in [3.8, 4) is 11.3 Å². The highest BCUT2D eigenvalue weighted by molar-refractivity contribution is 6.32. The summed E-state index contributed by atoms with van der Waals surface area (Å²) < 4.78 is 5.34. The lowest BCUT2D eigenvalue weighted by Crippen LogP contribution is -2.25. The lowest BCUT2D eigenvalue weighted by Gasteiger charge is -2.20. The molecule has 28 heavy (non-hydrogen) atoms. The SMILES string of the molecule is Bc1ccc(-c2noc(C)c2C(=O)c2c[nH]c(C(=C)NCC(C)(C)C)c2)cc1. The minimum Gasteiger partial charge on any atom is -0.383 e. The van der Waals surface area contributed by atoms with Crippen LogP contribution in [0, 0.1) is 12.3 Å². The van der Waals surface area contributed by atoms with Crippen LogP contribution in [0.25, 0.3) is 17.0 Å². The van der Waals surface area contributed by atoms with Gasteiger partial charge >= 0.3 is 0 Å². The summed E-state index contributed by atoms with van der Waals surface area (Å²) in [4.78, 5) is 16.3. The van der Waals surface area contributed by atoms with Crippen molar-refractivity contribution in [1.82, 2.24) is 15.5 Å². The molecule has 2 heterocycles. The molecule has 0 aliphatic heterocycles. The Bertz CT molecular complexity index is 1010. The molecule has 0 aliphatic rings. The Labute approximate surface area is 166 Å². The number of aryl methyl sites for hydroxylation is 1. The molecule has 0 aliphatic carbocycles. The van der Waals surface area contributed by atoms with Crippen LogP contribution >= 0.6 is 0 Å². The molecule has 5 nitrogen and oxygen atoms in total. The van der Waals surface area contributed by atoms with E-state index in [9.17, 15) is 4.79 Å². The molecule has 0 amide bonds. The van der Waals surface area contributed by atoms with Crippen molar-refractivity contribution < 1.29 is 9.32 Å². The van der Waals surface area contributed by atoms with E-state index >= 15 is 0 Å². The molecule has 2 aromatic heterocycles. The summed E-state index contributed by atoms with van der Waals surface area (Å²) in [6.07, 6.45) is 1.70. The van der Waals surface area contributed by atoms with Gasteiger partial charge in [-0.15, -0.1) is 0 Å². The maximum absolute atomic E-state index is 13.2. The van der Waals surface area contributed by atoms with Crippen LogP contribution in [-0.4, -0.2) is 30.3 Å². The number of carbonyl (C=O) groups excluding carboxylic acids is 1. The van der Waals surface area contributed by atoms with Crippen molar-refractivity contribution in [2.24, 2.45) is 5.41 Å². The molecule has 0 saturated carbocycles. The van der Waals surface area contributed by atoms with Gasteiger partial charge in [0, 0.05) is 23.9 Å². The molecule has 0 radical (unpaired) electrons. The fraction of sp³-hybridized carbons (Fsp3) is 0.273. The van der Waals surface area contributed by atoms with Crippen LogP contribution in [0.5, 0.6) is 0 Å². The number of benzene rings is 1. The number of nitrogens with zero attached hydrogens (tertiary/aromatic N) is 1. The van der Waals surface area contributed by atoms with Crippen LogP contribution in [0.3, 0.4) is 0 Å². The van der Waals surface area contributed by atoms with E-state index in [1.54, 1.807) is 13.1 Å². The maximum atomic E-state index is 13.2. The third kappa shape index (κ3) is 4.27. The molecule has 3 rings (SSSR count). The Morgan fingerprint density at radius 1 is 1.29 bits per heavy atom. The number of aromatic nitrogens is 2. The smallest absolute Gasteiger partial charge is 0.200 e. The van der Waals surface area contributed by atoms with Crippen molar-refractivity contribution >= 4 is 24.8 Å². The average Bonchev–Trinajstić information content (AvgIpc) is 3.26. The van der Waals surface area contributed by atoms with Crippen LogP contribution in [0.2, 0.25) is 0 Å². The van der Waals surface area contributed by atoms with Gasteiger partial charge in [0.1, 0.15) is 19.3 Å². The van der Waals surface area contributed by atoms with Crippen LogP contribution in [0.4, 0.5) is 0 Å². The van der Waals surface area contributed by atoms with E-state index in [1.165, 1.54) is 0 Å². The average molecular weight is 375 g/mol. The van der Waals surface area contributed by atoms with Crippen molar-refractivity contribution in [3.05, 3.63) is 65.7 Å². The quantitative estimate of drug-likeness (QED) is 0.513. The van der Waals surface area contributed by atoms with Crippen molar-refractivity contribution in [2.75, 3.05) is 6.54 Å². The van der Waals surface area contributed by atoms with E-state index in [0.29, 0.717) is 22.6 Å². The van der Waals surface area contributed by atoms with Gasteiger partial charge in [0.25, 0.3) is 0 Å². The van der Waals surface area contributed by atoms with Gasteiger partial charge in [0.2, 0.25) is 0 Å². The Morgan fingerprint density at radius 3 is 2.61 bits per heavy atom. The number of hydrogen-bond donors (Lipinski definition) is 2. The van der Waals surface area contributed by atoms with Gasteiger partial charge in [-0.1, -0.05) is 62.2 Å². The number of aromatic amines is 1. The molecule has 0 saturated heterocycles. The molecule has 3 aromatic rings. The first-order valence-corrected chi connectivity index (χ1v) is 9.35. The molecular formula is C22H26BN3O2. The second-order valence-electron chi connectivity index (χ2n) is 8.35. The molecule has 144 valence electrons. The lowest BCUT2D eigenvalue weighted by atomic mass is 9.93. The number of rotatable bonds is 6. The lowest BCUT2D eigenvalue weighted by molar-refractivity contribution is 0.103. The zero-order valence-corrected chi connectivity index (χ0v) is 17.1. The molecule has 6 heteroatoms. The molecule has 0 spiro atoms. The number of ketones is 1. The van der Waals surface area contributed by atoms with Crippen molar-refractivity contribution in [3.63, 3.8) is 0 Å². The van der Waals surface area contributed by atoms with E-state index < -0.39 is 0 Å². The molecular weight excluding hydrogens is 349 g/mol. The zero-order valence-electron chi connectivity index (χ0n) is 17.1. The highest BCUT2D eigenvalue weighted by atomic mass is 16.5. The van der Waals surface area contributed by atoms with E-state index in [2.05, 4.69) is 42.8 Å². The fourth-order valence-corrected chi connectivity index (χ4v) is 2.86. The second kappa shape index (κ2) is 7.54. The van der Waals surface area contributed by atoms with Crippen LogP contribution in [0.1, 0.15) is 48.1 Å². The Kier molecular flexibility index (Phi) is 5.32. The summed E-state index contributed by atoms with van der Waals surface area (Å²) in [6, 6.07) is 9.69. The van der Waals surface area contributed by atoms with Gasteiger partial charge in [0.05, 0.1) is 17.0 Å². The van der Waals surface area contributed by atoms with Gasteiger partial charge in [-0.3, -0.25) is 4.79 Å². The molecule has 0 bridgehead atoms. The third-order valence-corrected chi connectivity index (χ3v) is 4.52. The van der Waals surface area contributed by atoms with E-state index in [1.807, 2.05) is 38.2 Å². The Balaban J connectivity index is 1.86. The normalized spacial score (nSPS) is 11.4. The maximum Gasteiger partial charge on any atom is 0.200 e. The van der Waals surface area contributed by atoms with E-state index in [0.717, 1.165) is 29.0 Å². The van der Waals surface area contributed by atoms with Gasteiger partial charge in [-0.2, -0.15) is 0 Å². The van der Waals surface area contributed by atoms with Crippen molar-refractivity contribution in [2.45, 2.75) is 27.7 Å². The van der Waals surface area contributed by atoms with Gasteiger partial charge in [-0.25, -0.2) is 0 Å². The minimum atomic E-state index is -0.125. The van der Waals surface area contributed by atoms with Crippen molar-refractivity contribution in [1.29, 1.82) is 0 Å². The molecule has 0 unspecified atom stereocenters. The molecule has 0 fully saturated rings. The zero-order chi connectivity index (χ0) is 20.5. The number of carbonyl (C=O) groups is 1.